The zero-order chi connectivity index (χ0) is 18.4. The highest BCUT2D eigenvalue weighted by Crippen LogP contribution is 2.45. The van der Waals surface area contributed by atoms with E-state index in [2.05, 4.69) is 10.5 Å². The average molecular weight is 365 g/mol. The van der Waals surface area contributed by atoms with E-state index in [0.29, 0.717) is 5.56 Å². The third kappa shape index (κ3) is 2.40. The van der Waals surface area contributed by atoms with Gasteiger partial charge < -0.3 is 10.0 Å². The minimum atomic E-state index is -3.99. The molecule has 2 N–H and O–H groups in total. The molecule has 2 heterocycles. The summed E-state index contributed by atoms with van der Waals surface area (Å²) in [6.45, 7) is 1.19. The third-order valence-electron chi connectivity index (χ3n) is 4.50. The number of hydrogen-bond donors (Lipinski definition) is 2. The Balaban J connectivity index is 1.87. The van der Waals surface area contributed by atoms with E-state index in [4.69, 9.17) is 0 Å². The van der Waals surface area contributed by atoms with Gasteiger partial charge in [-0.2, -0.15) is 5.10 Å². The molecule has 1 aromatic rings. The van der Waals surface area contributed by atoms with Crippen LogP contribution in [0.1, 0.15) is 23.7 Å². The van der Waals surface area contributed by atoms with E-state index in [1.807, 2.05) is 0 Å². The van der Waals surface area contributed by atoms with E-state index < -0.39 is 43.8 Å². The van der Waals surface area contributed by atoms with Crippen LogP contribution in [0.15, 0.2) is 35.4 Å². The number of nitrogens with zero attached hydrogens (tertiary/aromatic N) is 2. The zero-order valence-corrected chi connectivity index (χ0v) is 13.9. The van der Waals surface area contributed by atoms with Crippen molar-refractivity contribution in [1.29, 1.82) is 0 Å². The van der Waals surface area contributed by atoms with Crippen LogP contribution in [0.25, 0.3) is 0 Å². The molecule has 3 rings (SSSR count). The van der Waals surface area contributed by atoms with Crippen LogP contribution in [0.2, 0.25) is 0 Å². The number of benzene rings is 1. The Morgan fingerprint density at radius 3 is 2.56 bits per heavy atom. The lowest BCUT2D eigenvalue weighted by Crippen LogP contribution is -2.57. The summed E-state index contributed by atoms with van der Waals surface area (Å²) in [5, 5.41) is 11.9. The van der Waals surface area contributed by atoms with E-state index in [-0.39, 0.29) is 6.42 Å². The summed E-state index contributed by atoms with van der Waals surface area (Å²) < 4.78 is 23.3. The predicted octanol–water partition coefficient (Wildman–Crippen LogP) is -0.399. The zero-order valence-electron chi connectivity index (χ0n) is 13.1. The van der Waals surface area contributed by atoms with Crippen molar-refractivity contribution in [3.63, 3.8) is 0 Å². The van der Waals surface area contributed by atoms with Gasteiger partial charge in [-0.05, 0) is 19.1 Å². The fourth-order valence-corrected chi connectivity index (χ4v) is 5.29. The van der Waals surface area contributed by atoms with Crippen molar-refractivity contribution in [2.75, 3.05) is 0 Å². The molecule has 10 heteroatoms. The molecule has 132 valence electrons. The van der Waals surface area contributed by atoms with Gasteiger partial charge in [-0.3, -0.25) is 9.59 Å². The molecule has 0 unspecified atom stereocenters. The molecule has 25 heavy (non-hydrogen) atoms. The van der Waals surface area contributed by atoms with Crippen molar-refractivity contribution in [2.24, 2.45) is 5.10 Å². The lowest BCUT2D eigenvalue weighted by Gasteiger charge is -2.35. The molecule has 0 saturated carbocycles. The van der Waals surface area contributed by atoms with Crippen LogP contribution in [-0.4, -0.2) is 58.6 Å². The van der Waals surface area contributed by atoms with Crippen LogP contribution in [0, 0.1) is 0 Å². The van der Waals surface area contributed by atoms with Gasteiger partial charge >= 0.3 is 5.97 Å². The first-order valence-electron chi connectivity index (χ1n) is 7.37. The molecule has 2 saturated heterocycles. The number of fused-ring (bicyclic) bond motifs is 1. The second-order valence-electron chi connectivity index (χ2n) is 5.99. The number of rotatable bonds is 4. The quantitative estimate of drug-likeness (QED) is 0.424. The van der Waals surface area contributed by atoms with Crippen molar-refractivity contribution in [1.82, 2.24) is 10.3 Å². The second-order valence-corrected chi connectivity index (χ2v) is 8.51. The number of hydrazone groups is 1. The van der Waals surface area contributed by atoms with Gasteiger partial charge in [0.1, 0.15) is 10.1 Å². The molecule has 2 aliphatic rings. The van der Waals surface area contributed by atoms with E-state index >= 15 is 0 Å². The fourth-order valence-electron chi connectivity index (χ4n) is 3.08. The molecular weight excluding hydrogens is 350 g/mol. The maximum atomic E-state index is 12.6. The number of sulfone groups is 1. The molecule has 0 aliphatic carbocycles. The first kappa shape index (κ1) is 17.1. The van der Waals surface area contributed by atoms with Crippen LogP contribution in [0.4, 0.5) is 0 Å². The van der Waals surface area contributed by atoms with Gasteiger partial charge in [-0.25, -0.2) is 18.6 Å². The van der Waals surface area contributed by atoms with Crippen LogP contribution >= 0.6 is 0 Å². The maximum Gasteiger partial charge on any atom is 0.328 e. The maximum absolute atomic E-state index is 12.6. The lowest BCUT2D eigenvalue weighted by atomic mass is 9.97. The predicted molar refractivity (Wildman–Crippen MR) is 86.4 cm³/mol. The number of nitrogens with one attached hydrogen (secondary N) is 1. The number of carbonyl (C=O) groups is 3. The van der Waals surface area contributed by atoms with E-state index in [1.165, 1.54) is 6.92 Å². The summed E-state index contributed by atoms with van der Waals surface area (Å²) in [6.07, 6.45) is 0.638. The summed E-state index contributed by atoms with van der Waals surface area (Å²) in [5.41, 5.74) is 2.49. The topological polar surface area (TPSA) is 133 Å². The van der Waals surface area contributed by atoms with Crippen molar-refractivity contribution in [2.45, 2.75) is 29.5 Å². The van der Waals surface area contributed by atoms with Gasteiger partial charge in [0.05, 0.1) is 6.42 Å². The van der Waals surface area contributed by atoms with Crippen molar-refractivity contribution in [3.8, 4) is 0 Å². The summed E-state index contributed by atoms with van der Waals surface area (Å²) in [4.78, 5) is 36.0. The van der Waals surface area contributed by atoms with Gasteiger partial charge in [0.15, 0.2) is 15.9 Å². The first-order valence-corrected chi connectivity index (χ1v) is 8.92. The molecule has 0 aromatic heterocycles. The third-order valence-corrected chi connectivity index (χ3v) is 7.16. The van der Waals surface area contributed by atoms with Gasteiger partial charge in [0.2, 0.25) is 5.91 Å². The number of hydrogen-bond acceptors (Lipinski definition) is 6. The minimum Gasteiger partial charge on any atom is -0.480 e. The summed E-state index contributed by atoms with van der Waals surface area (Å²) in [7, 11) is -3.99. The standard InChI is InChI=1S/C15H15N3O6S/c1-15(8-16-17-13(20)9-5-3-2-4-6-9)12(14(21)22)18-10(19)7-11(18)25(15,23)24/h2-6,8,11-12H,7H2,1H3,(H,17,20)(H,21,22)/b16-8+/t11-,12+,15+/m1/s1. The van der Waals surface area contributed by atoms with Crippen LogP contribution in [-0.2, 0) is 19.4 Å². The SMILES string of the molecule is C[C@]1(/C=N/NC(=O)c2ccccc2)[C@H](C(=O)O)N2C(=O)C[C@H]2S1(=O)=O. The van der Waals surface area contributed by atoms with Gasteiger partial charge in [0, 0.05) is 11.8 Å². The monoisotopic (exact) mass is 365 g/mol. The lowest BCUT2D eigenvalue weighted by molar-refractivity contribution is -0.156. The van der Waals surface area contributed by atoms with Crippen LogP contribution < -0.4 is 5.43 Å². The average Bonchev–Trinajstić information content (AvgIpc) is 2.70. The van der Waals surface area contributed by atoms with Crippen molar-refractivity contribution in [3.05, 3.63) is 35.9 Å². The summed E-state index contributed by atoms with van der Waals surface area (Å²) >= 11 is 0. The Bertz CT molecular complexity index is 882. The number of amides is 2. The van der Waals surface area contributed by atoms with Crippen molar-refractivity contribution < 1.29 is 27.9 Å². The summed E-state index contributed by atoms with van der Waals surface area (Å²) in [5.74, 6) is -2.55. The van der Waals surface area contributed by atoms with Gasteiger partial charge in [-0.15, -0.1) is 0 Å². The molecule has 0 spiro atoms. The van der Waals surface area contributed by atoms with E-state index in [9.17, 15) is 27.9 Å². The van der Waals surface area contributed by atoms with Gasteiger partial charge in [0.25, 0.3) is 5.91 Å². The molecule has 0 radical (unpaired) electrons. The largest absolute Gasteiger partial charge is 0.480 e. The van der Waals surface area contributed by atoms with E-state index in [1.54, 1.807) is 30.3 Å². The van der Waals surface area contributed by atoms with Crippen molar-refractivity contribution >= 4 is 33.8 Å². The number of carbonyl (C=O) groups excluding carboxylic acids is 2. The summed E-state index contributed by atoms with van der Waals surface area (Å²) in [6, 6.07) is 6.54. The number of β-lactam (4-membered cyclic amide) rings is 1. The fraction of sp³-hybridized carbons (Fsp3) is 0.333. The Kier molecular flexibility index (Phi) is 3.87. The normalized spacial score (nSPS) is 30.0. The number of carboxylic acid groups (broad SMARTS) is 1. The van der Waals surface area contributed by atoms with Gasteiger partial charge in [-0.1, -0.05) is 18.2 Å². The Hall–Kier alpha value is -2.75. The molecule has 1 aromatic carbocycles. The molecule has 3 atom stereocenters. The Morgan fingerprint density at radius 1 is 1.36 bits per heavy atom. The molecule has 9 nitrogen and oxygen atoms in total. The number of carboxylic acids is 1. The highest BCUT2D eigenvalue weighted by molar-refractivity contribution is 7.94. The molecule has 0 bridgehead atoms. The highest BCUT2D eigenvalue weighted by atomic mass is 32.2. The second kappa shape index (κ2) is 5.66. The van der Waals surface area contributed by atoms with Crippen LogP contribution in [0.5, 0.6) is 0 Å². The highest BCUT2D eigenvalue weighted by Gasteiger charge is 2.69. The van der Waals surface area contributed by atoms with E-state index in [0.717, 1.165) is 11.1 Å². The Labute approximate surface area is 143 Å². The molecule has 2 amide bonds. The Morgan fingerprint density at radius 2 is 2.00 bits per heavy atom. The minimum absolute atomic E-state index is 0.244. The first-order chi connectivity index (χ1) is 11.7. The molecule has 2 fully saturated rings. The van der Waals surface area contributed by atoms with Crippen LogP contribution in [0.3, 0.4) is 0 Å². The molecule has 2 aliphatic heterocycles. The molecular formula is C15H15N3O6S. The number of aliphatic carboxylic acids is 1. The smallest absolute Gasteiger partial charge is 0.328 e.